The topological polar surface area (TPSA) is 21.1 Å². The lowest BCUT2D eigenvalue weighted by atomic mass is 10.1. The molecular formula is C18H23N3. The molecule has 2 fully saturated rings. The molecule has 1 aromatic carbocycles. The van der Waals surface area contributed by atoms with E-state index in [0.29, 0.717) is 0 Å². The molecule has 1 saturated carbocycles. The monoisotopic (exact) mass is 281 g/mol. The normalized spacial score (nSPS) is 22.8. The van der Waals surface area contributed by atoms with Crippen molar-refractivity contribution in [2.45, 2.75) is 38.3 Å². The number of nitrogens with zero attached hydrogens (tertiary/aromatic N) is 3. The predicted octanol–water partition coefficient (Wildman–Crippen LogP) is 3.28. The summed E-state index contributed by atoms with van der Waals surface area (Å²) in [7, 11) is 0. The van der Waals surface area contributed by atoms with Crippen molar-refractivity contribution in [3.05, 3.63) is 54.1 Å². The van der Waals surface area contributed by atoms with Crippen molar-refractivity contribution < 1.29 is 0 Å². The van der Waals surface area contributed by atoms with E-state index in [1.165, 1.54) is 43.7 Å². The van der Waals surface area contributed by atoms with E-state index in [0.717, 1.165) is 24.9 Å². The molecule has 0 amide bonds. The molecule has 1 aliphatic carbocycles. The largest absolute Gasteiger partial charge is 0.334 e. The Morgan fingerprint density at radius 2 is 1.95 bits per heavy atom. The Morgan fingerprint density at radius 1 is 1.10 bits per heavy atom. The van der Waals surface area contributed by atoms with E-state index in [1.54, 1.807) is 0 Å². The van der Waals surface area contributed by atoms with Gasteiger partial charge < -0.3 is 4.57 Å². The van der Waals surface area contributed by atoms with Crippen molar-refractivity contribution in [3.8, 4) is 0 Å². The average molecular weight is 281 g/mol. The number of likely N-dealkylation sites (tertiary alicyclic amines) is 1. The zero-order valence-electron chi connectivity index (χ0n) is 12.5. The van der Waals surface area contributed by atoms with Crippen LogP contribution >= 0.6 is 0 Å². The molecule has 1 saturated heterocycles. The highest BCUT2D eigenvalue weighted by atomic mass is 15.2. The predicted molar refractivity (Wildman–Crippen MR) is 84.0 cm³/mol. The number of imidazole rings is 1. The van der Waals surface area contributed by atoms with Gasteiger partial charge in [-0.25, -0.2) is 4.98 Å². The highest BCUT2D eigenvalue weighted by Gasteiger charge is 2.29. The standard InChI is InChI=1S/C18H23N3/c1-2-4-15(5-3-1)12-20-10-8-16(13-20)14-21-11-9-19-18(21)17-6-7-17/h1-5,9,11,16-17H,6-8,10,12-14H2/t16-/m1/s1. The van der Waals surface area contributed by atoms with Crippen LogP contribution in [0, 0.1) is 5.92 Å². The Balaban J connectivity index is 1.35. The molecule has 2 aromatic rings. The van der Waals surface area contributed by atoms with E-state index in [4.69, 9.17) is 0 Å². The van der Waals surface area contributed by atoms with Gasteiger partial charge in [0.25, 0.3) is 0 Å². The van der Waals surface area contributed by atoms with Crippen LogP contribution < -0.4 is 0 Å². The summed E-state index contributed by atoms with van der Waals surface area (Å²) in [6, 6.07) is 10.8. The van der Waals surface area contributed by atoms with Gasteiger partial charge in [-0.15, -0.1) is 0 Å². The molecule has 0 N–H and O–H groups in total. The maximum Gasteiger partial charge on any atom is 0.111 e. The Bertz CT molecular complexity index is 586. The summed E-state index contributed by atoms with van der Waals surface area (Å²) in [5.41, 5.74) is 1.43. The van der Waals surface area contributed by atoms with Gasteiger partial charge in [-0.3, -0.25) is 4.90 Å². The minimum Gasteiger partial charge on any atom is -0.334 e. The second-order valence-electron chi connectivity index (χ2n) is 6.59. The number of hydrogen-bond acceptors (Lipinski definition) is 2. The van der Waals surface area contributed by atoms with Crippen molar-refractivity contribution in [2.24, 2.45) is 5.92 Å². The molecule has 1 atom stereocenters. The van der Waals surface area contributed by atoms with Gasteiger partial charge in [-0.05, 0) is 37.3 Å². The van der Waals surface area contributed by atoms with Gasteiger partial charge in [0.1, 0.15) is 5.82 Å². The maximum atomic E-state index is 4.56. The van der Waals surface area contributed by atoms with Crippen LogP contribution in [0.25, 0.3) is 0 Å². The van der Waals surface area contributed by atoms with Gasteiger partial charge in [0.2, 0.25) is 0 Å². The smallest absolute Gasteiger partial charge is 0.111 e. The van der Waals surface area contributed by atoms with Crippen molar-refractivity contribution in [1.29, 1.82) is 0 Å². The third-order valence-corrected chi connectivity index (χ3v) is 4.76. The third-order valence-electron chi connectivity index (χ3n) is 4.76. The summed E-state index contributed by atoms with van der Waals surface area (Å²) in [5.74, 6) is 2.86. The van der Waals surface area contributed by atoms with Crippen LogP contribution in [0.2, 0.25) is 0 Å². The maximum absolute atomic E-state index is 4.56. The fourth-order valence-electron chi connectivity index (χ4n) is 3.50. The quantitative estimate of drug-likeness (QED) is 0.838. The van der Waals surface area contributed by atoms with E-state index in [9.17, 15) is 0 Å². The molecular weight excluding hydrogens is 258 g/mol. The van der Waals surface area contributed by atoms with Crippen LogP contribution in [0.1, 0.15) is 36.6 Å². The van der Waals surface area contributed by atoms with Crippen LogP contribution in [0.3, 0.4) is 0 Å². The lowest BCUT2D eigenvalue weighted by molar-refractivity contribution is 0.308. The summed E-state index contributed by atoms with van der Waals surface area (Å²) < 4.78 is 2.41. The Hall–Kier alpha value is -1.61. The zero-order valence-corrected chi connectivity index (χ0v) is 12.5. The first-order chi connectivity index (χ1) is 10.4. The first kappa shape index (κ1) is 13.1. The van der Waals surface area contributed by atoms with Crippen molar-refractivity contribution in [3.63, 3.8) is 0 Å². The Labute approximate surface area is 126 Å². The first-order valence-electron chi connectivity index (χ1n) is 8.16. The number of rotatable bonds is 5. The highest BCUT2D eigenvalue weighted by molar-refractivity contribution is 5.14. The van der Waals surface area contributed by atoms with Gasteiger partial charge in [-0.1, -0.05) is 30.3 Å². The summed E-state index contributed by atoms with van der Waals surface area (Å²) in [6.45, 7) is 4.69. The molecule has 0 spiro atoms. The van der Waals surface area contributed by atoms with Crippen LogP contribution in [0.5, 0.6) is 0 Å². The molecule has 1 aliphatic heterocycles. The van der Waals surface area contributed by atoms with Gasteiger partial charge in [0, 0.05) is 37.9 Å². The molecule has 0 bridgehead atoms. The summed E-state index contributed by atoms with van der Waals surface area (Å²) >= 11 is 0. The van der Waals surface area contributed by atoms with E-state index in [-0.39, 0.29) is 0 Å². The van der Waals surface area contributed by atoms with E-state index >= 15 is 0 Å². The summed E-state index contributed by atoms with van der Waals surface area (Å²) in [5, 5.41) is 0. The van der Waals surface area contributed by atoms with Crippen molar-refractivity contribution >= 4 is 0 Å². The van der Waals surface area contributed by atoms with Crippen LogP contribution in [-0.4, -0.2) is 27.5 Å². The molecule has 3 nitrogen and oxygen atoms in total. The van der Waals surface area contributed by atoms with Gasteiger partial charge >= 0.3 is 0 Å². The molecule has 0 radical (unpaired) electrons. The number of benzene rings is 1. The molecule has 3 heteroatoms. The Kier molecular flexibility index (Phi) is 3.52. The number of aromatic nitrogens is 2. The van der Waals surface area contributed by atoms with Crippen LogP contribution in [0.15, 0.2) is 42.7 Å². The van der Waals surface area contributed by atoms with E-state index < -0.39 is 0 Å². The number of hydrogen-bond donors (Lipinski definition) is 0. The van der Waals surface area contributed by atoms with E-state index in [1.807, 2.05) is 6.20 Å². The second-order valence-corrected chi connectivity index (χ2v) is 6.59. The van der Waals surface area contributed by atoms with Crippen molar-refractivity contribution in [1.82, 2.24) is 14.5 Å². The fourth-order valence-corrected chi connectivity index (χ4v) is 3.50. The minimum atomic E-state index is 0.752. The Morgan fingerprint density at radius 3 is 2.76 bits per heavy atom. The SMILES string of the molecule is c1ccc(CN2CC[C@@H](Cn3ccnc3C3CC3)C2)cc1. The fraction of sp³-hybridized carbons (Fsp3) is 0.500. The molecule has 110 valence electrons. The average Bonchev–Trinajstić information content (AvgIpc) is 3.09. The molecule has 21 heavy (non-hydrogen) atoms. The molecule has 2 aliphatic rings. The summed E-state index contributed by atoms with van der Waals surface area (Å²) in [6.07, 6.45) is 8.14. The lowest BCUT2D eigenvalue weighted by Gasteiger charge is -2.17. The molecule has 0 unspecified atom stereocenters. The molecule has 2 heterocycles. The molecule has 4 rings (SSSR count). The first-order valence-corrected chi connectivity index (χ1v) is 8.16. The van der Waals surface area contributed by atoms with Gasteiger partial charge in [0.05, 0.1) is 0 Å². The molecule has 1 aromatic heterocycles. The van der Waals surface area contributed by atoms with Gasteiger partial charge in [0.15, 0.2) is 0 Å². The van der Waals surface area contributed by atoms with Crippen LogP contribution in [0.4, 0.5) is 0 Å². The highest BCUT2D eigenvalue weighted by Crippen LogP contribution is 2.39. The van der Waals surface area contributed by atoms with E-state index in [2.05, 4.69) is 51.0 Å². The third kappa shape index (κ3) is 3.03. The summed E-state index contributed by atoms with van der Waals surface area (Å²) in [4.78, 5) is 7.15. The van der Waals surface area contributed by atoms with Crippen molar-refractivity contribution in [2.75, 3.05) is 13.1 Å². The second kappa shape index (κ2) is 5.64. The lowest BCUT2D eigenvalue weighted by Crippen LogP contribution is -2.21. The van der Waals surface area contributed by atoms with Gasteiger partial charge in [-0.2, -0.15) is 0 Å². The van der Waals surface area contributed by atoms with Crippen LogP contribution in [-0.2, 0) is 13.1 Å². The minimum absolute atomic E-state index is 0.752. The zero-order chi connectivity index (χ0) is 14.1.